The van der Waals surface area contributed by atoms with Crippen molar-refractivity contribution in [2.75, 3.05) is 26.7 Å². The lowest BCUT2D eigenvalue weighted by Gasteiger charge is -2.23. The van der Waals surface area contributed by atoms with Gasteiger partial charge in [-0.2, -0.15) is 0 Å². The van der Waals surface area contributed by atoms with E-state index < -0.39 is 0 Å². The van der Waals surface area contributed by atoms with Crippen LogP contribution in [0.4, 0.5) is 0 Å². The number of hydrogen-bond donors (Lipinski definition) is 1. The van der Waals surface area contributed by atoms with Crippen molar-refractivity contribution < 1.29 is 9.47 Å². The molecule has 1 fully saturated rings. The van der Waals surface area contributed by atoms with E-state index >= 15 is 0 Å². The van der Waals surface area contributed by atoms with Gasteiger partial charge in [0, 0.05) is 34.7 Å². The van der Waals surface area contributed by atoms with Gasteiger partial charge in [-0.05, 0) is 55.8 Å². The maximum atomic E-state index is 6.22. The van der Waals surface area contributed by atoms with Gasteiger partial charge in [0.15, 0.2) is 11.5 Å². The van der Waals surface area contributed by atoms with Gasteiger partial charge in [0.05, 0.1) is 7.11 Å². The fraction of sp³-hybridized carbons (Fsp3) is 0.455. The van der Waals surface area contributed by atoms with Crippen molar-refractivity contribution in [3.8, 4) is 11.5 Å². The molecule has 0 bridgehead atoms. The summed E-state index contributed by atoms with van der Waals surface area (Å²) in [5.74, 6) is 1.42. The minimum atomic E-state index is 0.360. The van der Waals surface area contributed by atoms with Gasteiger partial charge >= 0.3 is 0 Å². The Bertz CT molecular complexity index is 785. The van der Waals surface area contributed by atoms with Gasteiger partial charge in [0.25, 0.3) is 0 Å². The molecule has 1 aliphatic rings. The summed E-state index contributed by atoms with van der Waals surface area (Å²) < 4.78 is 11.4. The predicted octanol–water partition coefficient (Wildman–Crippen LogP) is 5.15. The van der Waals surface area contributed by atoms with E-state index in [0.717, 1.165) is 30.9 Å². The second-order valence-corrected chi connectivity index (χ2v) is 7.91. The molecule has 2 aromatic carbocycles. The molecule has 0 amide bonds. The van der Waals surface area contributed by atoms with Crippen LogP contribution < -0.4 is 14.8 Å². The van der Waals surface area contributed by atoms with Crippen LogP contribution in [-0.2, 0) is 13.2 Å². The Kier molecular flexibility index (Phi) is 7.86. The number of nitrogens with one attached hydrogen (secondary N) is 1. The normalized spacial score (nSPS) is 17.1. The van der Waals surface area contributed by atoms with Crippen molar-refractivity contribution >= 4 is 23.2 Å². The fourth-order valence-electron chi connectivity index (χ4n) is 3.66. The number of rotatable bonds is 9. The molecule has 1 N–H and O–H groups in total. The van der Waals surface area contributed by atoms with Crippen molar-refractivity contribution in [3.05, 3.63) is 57.6 Å². The first-order valence-electron chi connectivity index (χ1n) is 9.79. The monoisotopic (exact) mass is 422 g/mol. The Morgan fingerprint density at radius 3 is 2.75 bits per heavy atom. The highest BCUT2D eigenvalue weighted by molar-refractivity contribution is 6.35. The fourth-order valence-corrected chi connectivity index (χ4v) is 4.12. The highest BCUT2D eigenvalue weighted by Gasteiger charge is 2.22. The smallest absolute Gasteiger partial charge is 0.161 e. The molecule has 152 valence electrons. The van der Waals surface area contributed by atoms with Crippen molar-refractivity contribution in [1.82, 2.24) is 10.2 Å². The molecule has 1 heterocycles. The number of hydrogen-bond acceptors (Lipinski definition) is 4. The average molecular weight is 423 g/mol. The van der Waals surface area contributed by atoms with Crippen molar-refractivity contribution in [2.45, 2.75) is 39.0 Å². The van der Waals surface area contributed by atoms with Crippen LogP contribution in [-0.4, -0.2) is 37.7 Å². The van der Waals surface area contributed by atoms with Crippen LogP contribution in [0, 0.1) is 0 Å². The lowest BCUT2D eigenvalue weighted by molar-refractivity contribution is 0.260. The number of nitrogens with zero attached hydrogens (tertiary/aromatic N) is 1. The number of methoxy groups -OCH3 is 1. The Morgan fingerprint density at radius 1 is 1.14 bits per heavy atom. The molecule has 2 aromatic rings. The third kappa shape index (κ3) is 5.54. The summed E-state index contributed by atoms with van der Waals surface area (Å²) in [6, 6.07) is 12.1. The summed E-state index contributed by atoms with van der Waals surface area (Å²) >= 11 is 12.2. The minimum absolute atomic E-state index is 0.360. The second-order valence-electron chi connectivity index (χ2n) is 7.07. The third-order valence-corrected chi connectivity index (χ3v) is 5.83. The van der Waals surface area contributed by atoms with Crippen LogP contribution in [0.25, 0.3) is 0 Å². The first kappa shape index (κ1) is 21.3. The zero-order valence-corrected chi connectivity index (χ0v) is 18.0. The molecule has 1 aliphatic heterocycles. The number of likely N-dealkylation sites (tertiary alicyclic amines) is 1. The molecule has 28 heavy (non-hydrogen) atoms. The number of likely N-dealkylation sites (N-methyl/N-ethyl adjacent to an activating group) is 1. The third-order valence-electron chi connectivity index (χ3n) is 5.24. The lowest BCUT2D eigenvalue weighted by atomic mass is 10.1. The maximum Gasteiger partial charge on any atom is 0.161 e. The van der Waals surface area contributed by atoms with Gasteiger partial charge in [-0.15, -0.1) is 0 Å². The summed E-state index contributed by atoms with van der Waals surface area (Å²) in [6.07, 6.45) is 2.59. The van der Waals surface area contributed by atoms with E-state index in [-0.39, 0.29) is 0 Å². The summed E-state index contributed by atoms with van der Waals surface area (Å²) in [6.45, 7) is 6.78. The molecule has 4 nitrogen and oxygen atoms in total. The molecule has 1 unspecified atom stereocenters. The summed E-state index contributed by atoms with van der Waals surface area (Å²) in [7, 11) is 1.66. The maximum absolute atomic E-state index is 6.22. The van der Waals surface area contributed by atoms with Gasteiger partial charge in [-0.3, -0.25) is 4.90 Å². The van der Waals surface area contributed by atoms with Crippen LogP contribution >= 0.6 is 23.2 Å². The number of benzene rings is 2. The largest absolute Gasteiger partial charge is 0.493 e. The Hall–Kier alpha value is -1.46. The van der Waals surface area contributed by atoms with E-state index in [2.05, 4.69) is 23.2 Å². The molecule has 6 heteroatoms. The van der Waals surface area contributed by atoms with Crippen molar-refractivity contribution in [3.63, 3.8) is 0 Å². The number of ether oxygens (including phenoxy) is 2. The van der Waals surface area contributed by atoms with Gasteiger partial charge in [0.2, 0.25) is 0 Å². The van der Waals surface area contributed by atoms with Crippen LogP contribution in [0.15, 0.2) is 36.4 Å². The topological polar surface area (TPSA) is 33.7 Å². The van der Waals surface area contributed by atoms with E-state index in [1.54, 1.807) is 13.2 Å². The second kappa shape index (κ2) is 10.4. The van der Waals surface area contributed by atoms with Gasteiger partial charge in [-0.25, -0.2) is 0 Å². The molecule has 3 rings (SSSR count). The molecule has 0 aromatic heterocycles. The van der Waals surface area contributed by atoms with Crippen LogP contribution in [0.2, 0.25) is 10.0 Å². The van der Waals surface area contributed by atoms with E-state index in [9.17, 15) is 0 Å². The zero-order valence-electron chi connectivity index (χ0n) is 16.5. The highest BCUT2D eigenvalue weighted by Crippen LogP contribution is 2.30. The predicted molar refractivity (Wildman–Crippen MR) is 116 cm³/mol. The van der Waals surface area contributed by atoms with Crippen molar-refractivity contribution in [2.24, 2.45) is 0 Å². The Morgan fingerprint density at radius 2 is 2.00 bits per heavy atom. The summed E-state index contributed by atoms with van der Waals surface area (Å²) in [4.78, 5) is 2.55. The summed E-state index contributed by atoms with van der Waals surface area (Å²) in [5, 5.41) is 4.79. The van der Waals surface area contributed by atoms with Crippen LogP contribution in [0.1, 0.15) is 30.9 Å². The van der Waals surface area contributed by atoms with Crippen LogP contribution in [0.5, 0.6) is 11.5 Å². The quantitative estimate of drug-likeness (QED) is 0.605. The molecule has 1 saturated heterocycles. The van der Waals surface area contributed by atoms with Crippen LogP contribution in [0.3, 0.4) is 0 Å². The molecule has 0 aliphatic carbocycles. The first-order valence-corrected chi connectivity index (χ1v) is 10.5. The Balaban J connectivity index is 1.55. The van der Waals surface area contributed by atoms with E-state index in [4.69, 9.17) is 32.7 Å². The first-order chi connectivity index (χ1) is 13.6. The average Bonchev–Trinajstić information content (AvgIpc) is 3.15. The zero-order chi connectivity index (χ0) is 19.9. The Labute approximate surface area is 177 Å². The molecule has 0 saturated carbocycles. The molecular formula is C22H28Cl2N2O2. The minimum Gasteiger partial charge on any atom is -0.493 e. The molecule has 1 atom stereocenters. The summed E-state index contributed by atoms with van der Waals surface area (Å²) in [5.41, 5.74) is 2.06. The number of halogens is 2. The molecular weight excluding hydrogens is 395 g/mol. The van der Waals surface area contributed by atoms with E-state index in [1.165, 1.54) is 24.9 Å². The lowest BCUT2D eigenvalue weighted by Crippen LogP contribution is -2.37. The molecule has 0 spiro atoms. The van der Waals surface area contributed by atoms with Crippen molar-refractivity contribution in [1.29, 1.82) is 0 Å². The standard InChI is InChI=1S/C22H28Cl2N2O2/c1-3-26-10-4-5-19(26)14-25-13-16-6-9-21(22(11-16)27-2)28-15-17-7-8-18(23)12-20(17)24/h6-9,11-12,19,25H,3-5,10,13-15H2,1-2H3. The van der Waals surface area contributed by atoms with E-state index in [1.807, 2.05) is 24.3 Å². The van der Waals surface area contributed by atoms with Gasteiger partial charge in [-0.1, -0.05) is 42.3 Å². The SMILES string of the molecule is CCN1CCCC1CNCc1ccc(OCc2ccc(Cl)cc2Cl)c(OC)c1. The highest BCUT2D eigenvalue weighted by atomic mass is 35.5. The van der Waals surface area contributed by atoms with E-state index in [0.29, 0.717) is 28.4 Å². The van der Waals surface area contributed by atoms with Gasteiger partial charge in [0.1, 0.15) is 6.61 Å². The van der Waals surface area contributed by atoms with Gasteiger partial charge < -0.3 is 14.8 Å². The molecule has 0 radical (unpaired) electrons.